The molecule has 0 radical (unpaired) electrons. The van der Waals surface area contributed by atoms with Gasteiger partial charge in [0.05, 0.1) is 27.4 Å². The van der Waals surface area contributed by atoms with Crippen molar-refractivity contribution in [2.75, 3.05) is 24.5 Å². The van der Waals surface area contributed by atoms with E-state index in [0.717, 1.165) is 36.2 Å². The number of nitrogens with one attached hydrogen (secondary N) is 2. The third kappa shape index (κ3) is 7.51. The number of rotatable bonds is 7. The van der Waals surface area contributed by atoms with Gasteiger partial charge in [0.25, 0.3) is 11.1 Å². The maximum atomic E-state index is 13.5. The molecule has 15 heteroatoms. The van der Waals surface area contributed by atoms with Crippen LogP contribution in [0.3, 0.4) is 0 Å². The van der Waals surface area contributed by atoms with E-state index in [2.05, 4.69) is 25.6 Å². The Morgan fingerprint density at radius 1 is 1.00 bits per heavy atom. The molecular formula is C28H24F6N6O2S. The number of benzene rings is 1. The van der Waals surface area contributed by atoms with Crippen molar-refractivity contribution in [2.45, 2.75) is 31.7 Å². The Labute approximate surface area is 246 Å². The third-order valence-corrected chi connectivity index (χ3v) is 7.81. The molecule has 0 unspecified atom stereocenters. The Morgan fingerprint density at radius 3 is 2.40 bits per heavy atom. The zero-order valence-corrected chi connectivity index (χ0v) is 23.1. The molecule has 5 rings (SSSR count). The molecule has 0 spiro atoms. The monoisotopic (exact) mass is 622 g/mol. The van der Waals surface area contributed by atoms with Crippen molar-refractivity contribution >= 4 is 34.9 Å². The molecule has 2 saturated heterocycles. The lowest BCUT2D eigenvalue weighted by Gasteiger charge is -2.32. The van der Waals surface area contributed by atoms with Crippen LogP contribution in [0.4, 0.5) is 37.1 Å². The van der Waals surface area contributed by atoms with Crippen LogP contribution in [0.2, 0.25) is 0 Å². The summed E-state index contributed by atoms with van der Waals surface area (Å²) in [6, 6.07) is 6.14. The van der Waals surface area contributed by atoms with Gasteiger partial charge in [0.1, 0.15) is 0 Å². The molecule has 1 aromatic carbocycles. The minimum Gasteiger partial charge on any atom is -0.341 e. The lowest BCUT2D eigenvalue weighted by molar-refractivity contribution is -0.142. The molecule has 0 bridgehead atoms. The fraction of sp³-hybridized carbons (Fsp3) is 0.321. The smallest absolute Gasteiger partial charge is 0.341 e. The van der Waals surface area contributed by atoms with Crippen LogP contribution in [-0.2, 0) is 23.7 Å². The highest BCUT2D eigenvalue weighted by molar-refractivity contribution is 8.18. The molecule has 2 aliphatic rings. The summed E-state index contributed by atoms with van der Waals surface area (Å²) in [6.07, 6.45) is -3.59. The number of halogens is 6. The molecular weight excluding hydrogens is 598 g/mol. The Bertz CT molecular complexity index is 1540. The van der Waals surface area contributed by atoms with Crippen LogP contribution in [0, 0.1) is 5.92 Å². The van der Waals surface area contributed by atoms with E-state index in [1.807, 2.05) is 4.90 Å². The first-order chi connectivity index (χ1) is 20.4. The maximum Gasteiger partial charge on any atom is 0.417 e. The molecule has 2 amide bonds. The molecule has 3 aromatic rings. The topological polar surface area (TPSA) is 100 Å². The van der Waals surface area contributed by atoms with Crippen molar-refractivity contribution in [3.8, 4) is 11.3 Å². The van der Waals surface area contributed by atoms with Crippen LogP contribution in [0.25, 0.3) is 17.3 Å². The van der Waals surface area contributed by atoms with Gasteiger partial charge in [-0.25, -0.2) is 9.97 Å². The van der Waals surface area contributed by atoms with Crippen molar-refractivity contribution in [3.05, 3.63) is 76.1 Å². The maximum absolute atomic E-state index is 13.5. The van der Waals surface area contributed by atoms with Gasteiger partial charge >= 0.3 is 12.4 Å². The van der Waals surface area contributed by atoms with E-state index in [-0.39, 0.29) is 16.7 Å². The first-order valence-corrected chi connectivity index (χ1v) is 14.0. The van der Waals surface area contributed by atoms with Crippen LogP contribution in [-0.4, -0.2) is 45.7 Å². The van der Waals surface area contributed by atoms with E-state index < -0.39 is 40.2 Å². The third-order valence-electron chi connectivity index (χ3n) is 7.00. The van der Waals surface area contributed by atoms with Crippen LogP contribution in [0.15, 0.2) is 53.7 Å². The Balaban J connectivity index is 1.13. The number of pyridine rings is 1. The average molecular weight is 623 g/mol. The molecule has 8 nitrogen and oxygen atoms in total. The zero-order valence-electron chi connectivity index (χ0n) is 22.3. The van der Waals surface area contributed by atoms with Gasteiger partial charge in [0.15, 0.2) is 0 Å². The summed E-state index contributed by atoms with van der Waals surface area (Å²) in [5.41, 5.74) is -2.01. The van der Waals surface area contributed by atoms with E-state index in [9.17, 15) is 35.9 Å². The quantitative estimate of drug-likeness (QED) is 0.248. The largest absolute Gasteiger partial charge is 0.417 e. The Kier molecular flexibility index (Phi) is 8.74. The normalized spacial score (nSPS) is 17.5. The first kappa shape index (κ1) is 30.5. The fourth-order valence-corrected chi connectivity index (χ4v) is 5.44. The summed E-state index contributed by atoms with van der Waals surface area (Å²) >= 11 is 0.820. The highest BCUT2D eigenvalue weighted by Crippen LogP contribution is 2.40. The summed E-state index contributed by atoms with van der Waals surface area (Å²) in [4.78, 5) is 38.4. The van der Waals surface area contributed by atoms with Crippen molar-refractivity contribution in [1.82, 2.24) is 25.6 Å². The molecule has 43 heavy (non-hydrogen) atoms. The van der Waals surface area contributed by atoms with Crippen LogP contribution in [0.5, 0.6) is 0 Å². The number of thioether (sulfide) groups is 1. The molecule has 2 aliphatic heterocycles. The molecule has 0 saturated carbocycles. The predicted octanol–water partition coefficient (Wildman–Crippen LogP) is 5.91. The summed E-state index contributed by atoms with van der Waals surface area (Å²) < 4.78 is 79.5. The lowest BCUT2D eigenvalue weighted by Crippen LogP contribution is -2.38. The number of alkyl halides is 6. The van der Waals surface area contributed by atoms with Gasteiger partial charge in [0, 0.05) is 37.6 Å². The SMILES string of the molecule is O=C1NC(=O)/C(=C\c2ccnc(N3CCC(CNCc4ccc(-c5ccc(C(F)(F)F)cc5C(F)(F)F)nc4)CC3)n2)S1. The van der Waals surface area contributed by atoms with E-state index in [1.54, 1.807) is 24.4 Å². The van der Waals surface area contributed by atoms with Gasteiger partial charge in [-0.1, -0.05) is 12.1 Å². The molecule has 2 N–H and O–H groups in total. The molecule has 0 aliphatic carbocycles. The Hall–Kier alpha value is -3.98. The van der Waals surface area contributed by atoms with Gasteiger partial charge in [-0.3, -0.25) is 19.9 Å². The summed E-state index contributed by atoms with van der Waals surface area (Å²) in [6.45, 7) is 2.54. The summed E-state index contributed by atoms with van der Waals surface area (Å²) in [5, 5.41) is 5.11. The second-order valence-electron chi connectivity index (χ2n) is 10.0. The second-order valence-corrected chi connectivity index (χ2v) is 11.0. The number of hydrogen-bond acceptors (Lipinski definition) is 8. The standard InChI is InChI=1S/C28H24F6N6O2S/c29-27(30,31)18-2-3-20(21(11-18)28(32,33)34)22-4-1-17(15-37-22)14-35-13-16-6-9-40(10-7-16)25-36-8-5-19(38-25)12-23-24(41)39-26(42)43-23/h1-5,8,11-12,15-16,35H,6-7,9-10,13-14H2,(H,39,41,42)/b23-12+. The first-order valence-electron chi connectivity index (χ1n) is 13.1. The number of nitrogens with zero attached hydrogens (tertiary/aromatic N) is 4. The van der Waals surface area contributed by atoms with Crippen molar-refractivity contribution in [1.29, 1.82) is 0 Å². The molecule has 2 aromatic heterocycles. The number of amides is 2. The number of piperidine rings is 1. The highest BCUT2D eigenvalue weighted by Gasteiger charge is 2.38. The molecule has 0 atom stereocenters. The number of carbonyl (C=O) groups is 2. The number of aromatic nitrogens is 3. The number of carbonyl (C=O) groups excluding carboxylic acids is 2. The summed E-state index contributed by atoms with van der Waals surface area (Å²) in [7, 11) is 0. The number of anilines is 1. The number of imide groups is 1. The highest BCUT2D eigenvalue weighted by atomic mass is 32.2. The van der Waals surface area contributed by atoms with Gasteiger partial charge in [-0.2, -0.15) is 26.3 Å². The van der Waals surface area contributed by atoms with Gasteiger partial charge < -0.3 is 10.2 Å². The van der Waals surface area contributed by atoms with E-state index >= 15 is 0 Å². The minimum atomic E-state index is -4.98. The van der Waals surface area contributed by atoms with E-state index in [1.165, 1.54) is 12.3 Å². The van der Waals surface area contributed by atoms with Gasteiger partial charge in [-0.05, 0) is 73.0 Å². The lowest BCUT2D eigenvalue weighted by atomic mass is 9.97. The predicted molar refractivity (Wildman–Crippen MR) is 147 cm³/mol. The molecule has 226 valence electrons. The fourth-order valence-electron chi connectivity index (χ4n) is 4.77. The van der Waals surface area contributed by atoms with E-state index in [4.69, 9.17) is 0 Å². The molecule has 4 heterocycles. The van der Waals surface area contributed by atoms with Crippen LogP contribution < -0.4 is 15.5 Å². The zero-order chi connectivity index (χ0) is 30.8. The van der Waals surface area contributed by atoms with Crippen molar-refractivity contribution in [2.24, 2.45) is 5.92 Å². The molecule has 2 fully saturated rings. The van der Waals surface area contributed by atoms with Gasteiger partial charge in [-0.15, -0.1) is 0 Å². The van der Waals surface area contributed by atoms with Gasteiger partial charge in [0.2, 0.25) is 5.95 Å². The van der Waals surface area contributed by atoms with Crippen molar-refractivity contribution in [3.63, 3.8) is 0 Å². The van der Waals surface area contributed by atoms with Crippen molar-refractivity contribution < 1.29 is 35.9 Å². The average Bonchev–Trinajstić information content (AvgIpc) is 3.28. The number of hydrogen-bond donors (Lipinski definition) is 2. The second kappa shape index (κ2) is 12.3. The summed E-state index contributed by atoms with van der Waals surface area (Å²) in [5.74, 6) is 0.438. The minimum absolute atomic E-state index is 0.0709. The van der Waals surface area contributed by atoms with Crippen LogP contribution in [0.1, 0.15) is 35.2 Å². The van der Waals surface area contributed by atoms with Crippen LogP contribution >= 0.6 is 11.8 Å². The Morgan fingerprint density at radius 2 is 1.77 bits per heavy atom. The van der Waals surface area contributed by atoms with E-state index in [0.29, 0.717) is 49.8 Å².